The summed E-state index contributed by atoms with van der Waals surface area (Å²) in [6.07, 6.45) is 0. The Morgan fingerprint density at radius 1 is 1.13 bits per heavy atom. The molecule has 1 aromatic carbocycles. The Bertz CT molecular complexity index is 767. The number of carbonyl (C=O) groups is 1. The molecule has 0 saturated heterocycles. The fourth-order valence-electron chi connectivity index (χ4n) is 1.90. The van der Waals surface area contributed by atoms with Crippen LogP contribution in [-0.4, -0.2) is 32.6 Å². The number of aryl methyl sites for hydroxylation is 1. The number of carboxylic acids is 1. The largest absolute Gasteiger partial charge is 0.478 e. The Morgan fingerprint density at radius 3 is 2.39 bits per heavy atom. The molecular formula is C15H18N2O4S2. The highest BCUT2D eigenvalue weighted by molar-refractivity contribution is 7.91. The molecule has 1 heterocycles. The summed E-state index contributed by atoms with van der Waals surface area (Å²) < 4.78 is 26.9. The third-order valence-corrected chi connectivity index (χ3v) is 6.06. The lowest BCUT2D eigenvalue weighted by Gasteiger charge is -2.07. The molecule has 2 aromatic rings. The van der Waals surface area contributed by atoms with Gasteiger partial charge in [0.15, 0.2) is 0 Å². The molecule has 6 nitrogen and oxygen atoms in total. The monoisotopic (exact) mass is 354 g/mol. The molecule has 1 aromatic heterocycles. The summed E-state index contributed by atoms with van der Waals surface area (Å²) in [6, 6.07) is 9.92. The van der Waals surface area contributed by atoms with E-state index in [4.69, 9.17) is 5.11 Å². The lowest BCUT2D eigenvalue weighted by atomic mass is 10.1. The highest BCUT2D eigenvalue weighted by Crippen LogP contribution is 2.19. The number of rotatable bonds is 8. The molecule has 0 atom stereocenters. The lowest BCUT2D eigenvalue weighted by molar-refractivity contribution is 0.0697. The smallest absolute Gasteiger partial charge is 0.335 e. The number of nitrogens with one attached hydrogen (secondary N) is 2. The van der Waals surface area contributed by atoms with Gasteiger partial charge in [0.25, 0.3) is 0 Å². The summed E-state index contributed by atoms with van der Waals surface area (Å²) in [5.74, 6) is -0.956. The highest BCUT2D eigenvalue weighted by atomic mass is 32.2. The molecule has 0 aliphatic carbocycles. The Balaban J connectivity index is 1.74. The van der Waals surface area contributed by atoms with Gasteiger partial charge in [0.2, 0.25) is 10.0 Å². The van der Waals surface area contributed by atoms with Crippen molar-refractivity contribution in [3.63, 3.8) is 0 Å². The normalized spacial score (nSPS) is 11.5. The van der Waals surface area contributed by atoms with Gasteiger partial charge in [-0.05, 0) is 36.8 Å². The second-order valence-corrected chi connectivity index (χ2v) is 8.22. The Hall–Kier alpha value is -1.74. The molecule has 8 heteroatoms. The van der Waals surface area contributed by atoms with E-state index in [1.165, 1.54) is 11.3 Å². The van der Waals surface area contributed by atoms with Crippen LogP contribution in [0.25, 0.3) is 0 Å². The topological polar surface area (TPSA) is 95.5 Å². The van der Waals surface area contributed by atoms with Crippen molar-refractivity contribution < 1.29 is 18.3 Å². The van der Waals surface area contributed by atoms with Gasteiger partial charge in [-0.3, -0.25) is 0 Å². The average molecular weight is 354 g/mol. The first kappa shape index (κ1) is 17.6. The highest BCUT2D eigenvalue weighted by Gasteiger charge is 2.14. The molecule has 0 fully saturated rings. The third kappa shape index (κ3) is 5.14. The van der Waals surface area contributed by atoms with Crippen LogP contribution in [0.3, 0.4) is 0 Å². The summed E-state index contributed by atoms with van der Waals surface area (Å²) in [5, 5.41) is 11.9. The predicted octanol–water partition coefficient (Wildman–Crippen LogP) is 1.82. The van der Waals surface area contributed by atoms with E-state index >= 15 is 0 Å². The van der Waals surface area contributed by atoms with Crippen molar-refractivity contribution in [2.75, 3.05) is 13.1 Å². The molecule has 0 unspecified atom stereocenters. The van der Waals surface area contributed by atoms with Gasteiger partial charge >= 0.3 is 5.97 Å². The van der Waals surface area contributed by atoms with Gasteiger partial charge < -0.3 is 10.4 Å². The van der Waals surface area contributed by atoms with Crippen molar-refractivity contribution in [3.05, 3.63) is 52.4 Å². The van der Waals surface area contributed by atoms with Gasteiger partial charge in [-0.2, -0.15) is 0 Å². The van der Waals surface area contributed by atoms with Crippen LogP contribution in [0.15, 0.2) is 40.6 Å². The van der Waals surface area contributed by atoms with E-state index in [0.717, 1.165) is 10.4 Å². The SMILES string of the molecule is Cc1ccc(S(=O)(=O)NCCNCc2ccc(C(=O)O)cc2)s1. The van der Waals surface area contributed by atoms with Gasteiger partial charge in [-0.15, -0.1) is 11.3 Å². The van der Waals surface area contributed by atoms with Gasteiger partial charge in [-0.25, -0.2) is 17.9 Å². The Kier molecular flexibility index (Phi) is 5.89. The van der Waals surface area contributed by atoms with Gasteiger partial charge in [-0.1, -0.05) is 12.1 Å². The van der Waals surface area contributed by atoms with Crippen molar-refractivity contribution in [1.82, 2.24) is 10.0 Å². The molecule has 0 radical (unpaired) electrons. The first-order valence-electron chi connectivity index (χ1n) is 6.97. The predicted molar refractivity (Wildman–Crippen MR) is 89.4 cm³/mol. The fraction of sp³-hybridized carbons (Fsp3) is 0.267. The third-order valence-electron chi connectivity index (χ3n) is 3.10. The number of hydrogen-bond acceptors (Lipinski definition) is 5. The van der Waals surface area contributed by atoms with Crippen LogP contribution >= 0.6 is 11.3 Å². The number of benzene rings is 1. The summed E-state index contributed by atoms with van der Waals surface area (Å²) in [5.41, 5.74) is 1.18. The minimum absolute atomic E-state index is 0.243. The van der Waals surface area contributed by atoms with Crippen LogP contribution in [0, 0.1) is 6.92 Å². The zero-order valence-corrected chi connectivity index (χ0v) is 14.2. The summed E-state index contributed by atoms with van der Waals surface area (Å²) in [7, 11) is -3.44. The first-order valence-corrected chi connectivity index (χ1v) is 9.27. The van der Waals surface area contributed by atoms with E-state index in [1.807, 2.05) is 6.92 Å². The van der Waals surface area contributed by atoms with Gasteiger partial charge in [0.05, 0.1) is 5.56 Å². The molecule has 0 aliphatic rings. The van der Waals surface area contributed by atoms with Crippen molar-refractivity contribution >= 4 is 27.3 Å². The molecule has 2 rings (SSSR count). The zero-order chi connectivity index (χ0) is 16.9. The molecule has 0 bridgehead atoms. The van der Waals surface area contributed by atoms with Crippen molar-refractivity contribution in [3.8, 4) is 0 Å². The zero-order valence-electron chi connectivity index (χ0n) is 12.6. The van der Waals surface area contributed by atoms with Crippen molar-refractivity contribution in [1.29, 1.82) is 0 Å². The van der Waals surface area contributed by atoms with E-state index in [1.54, 1.807) is 36.4 Å². The van der Waals surface area contributed by atoms with E-state index in [0.29, 0.717) is 17.3 Å². The standard InChI is InChI=1S/C15H18N2O4S2/c1-11-2-7-14(22-11)23(20,21)17-9-8-16-10-12-3-5-13(6-4-12)15(18)19/h2-7,16-17H,8-10H2,1H3,(H,18,19). The number of sulfonamides is 1. The minimum Gasteiger partial charge on any atom is -0.478 e. The van der Waals surface area contributed by atoms with Gasteiger partial charge in [0, 0.05) is 24.5 Å². The van der Waals surface area contributed by atoms with Crippen molar-refractivity contribution in [2.45, 2.75) is 17.7 Å². The number of hydrogen-bond donors (Lipinski definition) is 3. The second kappa shape index (κ2) is 7.69. The summed E-state index contributed by atoms with van der Waals surface area (Å²) in [4.78, 5) is 11.7. The molecule has 0 aliphatic heterocycles. The molecule has 23 heavy (non-hydrogen) atoms. The lowest BCUT2D eigenvalue weighted by Crippen LogP contribution is -2.31. The van der Waals surface area contributed by atoms with Crippen LogP contribution in [0.4, 0.5) is 0 Å². The first-order chi connectivity index (χ1) is 10.9. The van der Waals surface area contributed by atoms with Gasteiger partial charge in [0.1, 0.15) is 4.21 Å². The van der Waals surface area contributed by atoms with Crippen LogP contribution in [0.1, 0.15) is 20.8 Å². The number of carboxylic acid groups (broad SMARTS) is 1. The summed E-state index contributed by atoms with van der Waals surface area (Å²) >= 11 is 1.24. The molecule has 0 amide bonds. The number of aromatic carboxylic acids is 1. The van der Waals surface area contributed by atoms with Crippen LogP contribution in [0.5, 0.6) is 0 Å². The van der Waals surface area contributed by atoms with E-state index in [2.05, 4.69) is 10.0 Å². The minimum atomic E-state index is -3.44. The van der Waals surface area contributed by atoms with E-state index in [-0.39, 0.29) is 12.1 Å². The van der Waals surface area contributed by atoms with Crippen LogP contribution in [-0.2, 0) is 16.6 Å². The van der Waals surface area contributed by atoms with Crippen LogP contribution in [0.2, 0.25) is 0 Å². The quantitative estimate of drug-likeness (QED) is 0.629. The summed E-state index contributed by atoms with van der Waals surface area (Å²) in [6.45, 7) is 3.16. The second-order valence-electron chi connectivity index (χ2n) is 4.94. The molecule has 0 saturated carbocycles. The van der Waals surface area contributed by atoms with E-state index in [9.17, 15) is 13.2 Å². The maximum atomic E-state index is 12.0. The maximum Gasteiger partial charge on any atom is 0.335 e. The van der Waals surface area contributed by atoms with E-state index < -0.39 is 16.0 Å². The maximum absolute atomic E-state index is 12.0. The molecule has 3 N–H and O–H groups in total. The molecule has 124 valence electrons. The average Bonchev–Trinajstić information content (AvgIpc) is 2.95. The molecular weight excluding hydrogens is 336 g/mol. The fourth-order valence-corrected chi connectivity index (χ4v) is 4.26. The number of thiophene rings is 1. The van der Waals surface area contributed by atoms with Crippen molar-refractivity contribution in [2.24, 2.45) is 0 Å². The van der Waals surface area contributed by atoms with Crippen LogP contribution < -0.4 is 10.0 Å². The molecule has 0 spiro atoms. The Labute approximate surface area is 139 Å². The Morgan fingerprint density at radius 2 is 1.83 bits per heavy atom.